The zero-order chi connectivity index (χ0) is 49.2. The van der Waals surface area contributed by atoms with Gasteiger partial charge in [-0.3, -0.25) is 9.36 Å². The third kappa shape index (κ3) is 52.4. The van der Waals surface area contributed by atoms with E-state index in [9.17, 15) is 19.4 Å². The summed E-state index contributed by atoms with van der Waals surface area (Å²) < 4.78 is 23.3. The van der Waals surface area contributed by atoms with Crippen LogP contribution in [0.4, 0.5) is 0 Å². The average Bonchev–Trinajstić information content (AvgIpc) is 3.29. The first kappa shape index (κ1) is 65.7. The van der Waals surface area contributed by atoms with E-state index < -0.39 is 26.6 Å². The van der Waals surface area contributed by atoms with Crippen molar-refractivity contribution in [1.82, 2.24) is 5.32 Å². The van der Waals surface area contributed by atoms with Crippen LogP contribution in [0, 0.1) is 0 Å². The molecule has 0 bridgehead atoms. The molecule has 0 aromatic rings. The topological polar surface area (TPSA) is 108 Å². The smallest absolute Gasteiger partial charge is 0.268 e. The zero-order valence-electron chi connectivity index (χ0n) is 45.1. The number of aliphatic hydroxyl groups is 1. The number of nitrogens with one attached hydrogen (secondary N) is 1. The Morgan fingerprint density at radius 1 is 0.507 bits per heavy atom. The molecular formula is C58H113N2O6P. The van der Waals surface area contributed by atoms with Crippen LogP contribution in [0.15, 0.2) is 36.5 Å². The Morgan fingerprint density at radius 2 is 0.836 bits per heavy atom. The van der Waals surface area contributed by atoms with E-state index in [1.165, 1.54) is 212 Å². The second kappa shape index (κ2) is 49.7. The van der Waals surface area contributed by atoms with E-state index in [0.717, 1.165) is 44.9 Å². The third-order valence-electron chi connectivity index (χ3n) is 13.1. The van der Waals surface area contributed by atoms with E-state index in [1.807, 2.05) is 27.2 Å². The quantitative estimate of drug-likeness (QED) is 0.0272. The summed E-state index contributed by atoms with van der Waals surface area (Å²) in [5.74, 6) is -0.207. The van der Waals surface area contributed by atoms with Gasteiger partial charge in [0.2, 0.25) is 5.91 Å². The van der Waals surface area contributed by atoms with Crippen LogP contribution in [-0.2, 0) is 18.4 Å². The first-order valence-electron chi connectivity index (χ1n) is 28.9. The van der Waals surface area contributed by atoms with Gasteiger partial charge in [-0.25, -0.2) is 0 Å². The minimum absolute atomic E-state index is 0.00741. The van der Waals surface area contributed by atoms with Crippen molar-refractivity contribution in [3.05, 3.63) is 36.5 Å². The fraction of sp³-hybridized carbons (Fsp3) is 0.879. The average molecular weight is 966 g/mol. The highest BCUT2D eigenvalue weighted by Gasteiger charge is 2.23. The normalized spacial score (nSPS) is 14.2. The van der Waals surface area contributed by atoms with Gasteiger partial charge in [-0.1, -0.05) is 262 Å². The van der Waals surface area contributed by atoms with Crippen LogP contribution in [0.1, 0.15) is 277 Å². The molecule has 0 fully saturated rings. The van der Waals surface area contributed by atoms with E-state index >= 15 is 0 Å². The van der Waals surface area contributed by atoms with E-state index in [4.69, 9.17) is 9.05 Å². The number of quaternary nitrogens is 1. The molecule has 0 radical (unpaired) electrons. The van der Waals surface area contributed by atoms with Gasteiger partial charge in [0.15, 0.2) is 0 Å². The fourth-order valence-electron chi connectivity index (χ4n) is 8.54. The molecule has 0 spiro atoms. The van der Waals surface area contributed by atoms with E-state index in [0.29, 0.717) is 17.4 Å². The molecule has 67 heavy (non-hydrogen) atoms. The molecule has 3 atom stereocenters. The molecule has 0 heterocycles. The number of rotatable bonds is 53. The number of nitrogens with zero attached hydrogens (tertiary/aromatic N) is 1. The van der Waals surface area contributed by atoms with Gasteiger partial charge in [-0.2, -0.15) is 0 Å². The van der Waals surface area contributed by atoms with Gasteiger partial charge in [0, 0.05) is 6.42 Å². The second-order valence-corrected chi connectivity index (χ2v) is 22.4. The number of aliphatic hydroxyl groups excluding tert-OH is 1. The first-order valence-corrected chi connectivity index (χ1v) is 30.3. The number of phosphoric ester groups is 1. The molecular weight excluding hydrogens is 852 g/mol. The summed E-state index contributed by atoms with van der Waals surface area (Å²) in [6.45, 7) is 4.66. The molecule has 0 aliphatic rings. The van der Waals surface area contributed by atoms with Crippen LogP contribution < -0.4 is 10.2 Å². The number of carbonyl (C=O) groups is 1. The molecule has 0 saturated carbocycles. The van der Waals surface area contributed by atoms with Crippen LogP contribution >= 0.6 is 7.82 Å². The van der Waals surface area contributed by atoms with Gasteiger partial charge in [-0.15, -0.1) is 0 Å². The fourth-order valence-corrected chi connectivity index (χ4v) is 9.26. The van der Waals surface area contributed by atoms with E-state index in [1.54, 1.807) is 6.08 Å². The van der Waals surface area contributed by atoms with Crippen molar-refractivity contribution < 1.29 is 32.9 Å². The number of carbonyl (C=O) groups excluding carboxylic acids is 1. The van der Waals surface area contributed by atoms with Crippen LogP contribution in [0.3, 0.4) is 0 Å². The van der Waals surface area contributed by atoms with Crippen molar-refractivity contribution in [1.29, 1.82) is 0 Å². The summed E-state index contributed by atoms with van der Waals surface area (Å²) in [6.07, 6.45) is 63.7. The number of amides is 1. The molecule has 2 N–H and O–H groups in total. The van der Waals surface area contributed by atoms with E-state index in [-0.39, 0.29) is 12.5 Å². The molecule has 0 rings (SSSR count). The monoisotopic (exact) mass is 965 g/mol. The zero-order valence-corrected chi connectivity index (χ0v) is 46.0. The molecule has 1 amide bonds. The summed E-state index contributed by atoms with van der Waals surface area (Å²) in [7, 11) is 1.24. The Morgan fingerprint density at radius 3 is 1.21 bits per heavy atom. The Balaban J connectivity index is 4.26. The number of hydrogen-bond donors (Lipinski definition) is 2. The molecule has 0 aromatic carbocycles. The number of allylic oxidation sites excluding steroid dienone is 5. The van der Waals surface area contributed by atoms with Crippen LogP contribution in [-0.4, -0.2) is 68.5 Å². The highest BCUT2D eigenvalue weighted by atomic mass is 31.2. The van der Waals surface area contributed by atoms with Gasteiger partial charge >= 0.3 is 0 Å². The van der Waals surface area contributed by atoms with Crippen molar-refractivity contribution in [2.45, 2.75) is 289 Å². The SMILES string of the molecule is CCCCCCCCCCCCCCCCCCC/C=C/CC/C=C/CC/C=C/C(O)C(COP(=O)([O-])OCC[N+](C)(C)C)NC(=O)CCCCCCCCCCCCCCCCCCCC. The maximum Gasteiger partial charge on any atom is 0.268 e. The number of unbranched alkanes of at least 4 members (excludes halogenated alkanes) is 36. The highest BCUT2D eigenvalue weighted by molar-refractivity contribution is 7.45. The van der Waals surface area contributed by atoms with Crippen molar-refractivity contribution in [3.8, 4) is 0 Å². The van der Waals surface area contributed by atoms with Crippen molar-refractivity contribution in [3.63, 3.8) is 0 Å². The number of phosphoric acid groups is 1. The van der Waals surface area contributed by atoms with E-state index in [2.05, 4.69) is 43.5 Å². The predicted molar refractivity (Wildman–Crippen MR) is 288 cm³/mol. The Hall–Kier alpha value is -1.28. The molecule has 9 heteroatoms. The minimum Gasteiger partial charge on any atom is -0.756 e. The molecule has 0 aromatic heterocycles. The van der Waals surface area contributed by atoms with Gasteiger partial charge in [-0.05, 0) is 44.9 Å². The predicted octanol–water partition coefficient (Wildman–Crippen LogP) is 16.7. The van der Waals surface area contributed by atoms with Gasteiger partial charge in [0.25, 0.3) is 7.82 Å². The summed E-state index contributed by atoms with van der Waals surface area (Å²) >= 11 is 0. The molecule has 0 saturated heterocycles. The molecule has 0 aliphatic heterocycles. The summed E-state index contributed by atoms with van der Waals surface area (Å²) in [4.78, 5) is 25.5. The minimum atomic E-state index is -4.61. The van der Waals surface area contributed by atoms with Crippen molar-refractivity contribution in [2.24, 2.45) is 0 Å². The molecule has 8 nitrogen and oxygen atoms in total. The molecule has 3 unspecified atom stereocenters. The maximum atomic E-state index is 12.9. The maximum absolute atomic E-state index is 12.9. The van der Waals surface area contributed by atoms with Crippen molar-refractivity contribution >= 4 is 13.7 Å². The number of likely N-dealkylation sites (N-methyl/N-ethyl adjacent to an activating group) is 1. The highest BCUT2D eigenvalue weighted by Crippen LogP contribution is 2.38. The summed E-state index contributed by atoms with van der Waals surface area (Å²) in [5, 5.41) is 13.9. The Labute approximate surface area is 417 Å². The Kier molecular flexibility index (Phi) is 48.7. The number of hydrogen-bond acceptors (Lipinski definition) is 6. The summed E-state index contributed by atoms with van der Waals surface area (Å²) in [6, 6.07) is -0.907. The largest absolute Gasteiger partial charge is 0.756 e. The second-order valence-electron chi connectivity index (χ2n) is 21.0. The lowest BCUT2D eigenvalue weighted by atomic mass is 10.0. The van der Waals surface area contributed by atoms with Crippen LogP contribution in [0.2, 0.25) is 0 Å². The van der Waals surface area contributed by atoms with Crippen LogP contribution in [0.25, 0.3) is 0 Å². The Bertz CT molecular complexity index is 1190. The summed E-state index contributed by atoms with van der Waals surface area (Å²) in [5.41, 5.74) is 0. The lowest BCUT2D eigenvalue weighted by Crippen LogP contribution is -2.45. The van der Waals surface area contributed by atoms with Gasteiger partial charge < -0.3 is 28.8 Å². The molecule has 0 aliphatic carbocycles. The standard InChI is InChI=1S/C58H113N2O6P/c1-6-8-10-12-14-16-18-20-22-24-26-27-28-29-30-31-32-33-34-35-37-39-41-43-45-47-49-51-57(61)56(55-66-67(63,64)65-54-53-60(3,4)5)59-58(62)52-50-48-46-44-42-40-38-36-25-23-21-19-17-15-13-11-9-7-2/h34-35,41,43,49,51,56-57,61H,6-33,36-40,42,44-48,50,52-55H2,1-5H3,(H-,59,62,63,64)/b35-34+,43-41+,51-49+. The first-order chi connectivity index (χ1) is 32.5. The lowest BCUT2D eigenvalue weighted by molar-refractivity contribution is -0.870. The third-order valence-corrected chi connectivity index (χ3v) is 14.0. The lowest BCUT2D eigenvalue weighted by Gasteiger charge is -2.29. The molecule has 396 valence electrons. The van der Waals surface area contributed by atoms with Crippen LogP contribution in [0.5, 0.6) is 0 Å². The van der Waals surface area contributed by atoms with Crippen molar-refractivity contribution in [2.75, 3.05) is 40.9 Å². The van der Waals surface area contributed by atoms with Gasteiger partial charge in [0.05, 0.1) is 39.9 Å². The van der Waals surface area contributed by atoms with Gasteiger partial charge in [0.1, 0.15) is 13.2 Å².